The van der Waals surface area contributed by atoms with Crippen LogP contribution in [0.5, 0.6) is 0 Å². The molecule has 0 saturated carbocycles. The molecule has 7 heteroatoms. The Morgan fingerprint density at radius 2 is 2.39 bits per heavy atom. The summed E-state index contributed by atoms with van der Waals surface area (Å²) < 4.78 is 31.8. The van der Waals surface area contributed by atoms with Gasteiger partial charge >= 0.3 is 6.55 Å². The Hall–Kier alpha value is -1.05. The number of ether oxygens (including phenoxy) is 1. The van der Waals surface area contributed by atoms with Crippen molar-refractivity contribution in [2.24, 2.45) is 5.73 Å². The van der Waals surface area contributed by atoms with E-state index in [2.05, 4.69) is 4.98 Å². The minimum atomic E-state index is -2.55. The standard InChI is InChI=1S/C11H18F2N4O/c1-8(14)9-6-16(4-5-18-9)7-10-15-2-3-17(10)11(12)13/h2-3,8-9,11H,4-7,14H2,1H3. The molecule has 102 valence electrons. The van der Waals surface area contributed by atoms with Gasteiger partial charge in [-0.3, -0.25) is 9.47 Å². The van der Waals surface area contributed by atoms with Gasteiger partial charge in [0.1, 0.15) is 5.82 Å². The second-order valence-corrected chi connectivity index (χ2v) is 4.53. The molecule has 2 rings (SSSR count). The predicted molar refractivity (Wildman–Crippen MR) is 62.1 cm³/mol. The molecule has 1 fully saturated rings. The zero-order chi connectivity index (χ0) is 13.1. The smallest absolute Gasteiger partial charge is 0.319 e. The molecule has 2 unspecified atom stereocenters. The summed E-state index contributed by atoms with van der Waals surface area (Å²) >= 11 is 0. The maximum atomic E-state index is 12.7. The number of nitrogens with two attached hydrogens (primary N) is 1. The molecule has 0 amide bonds. The van der Waals surface area contributed by atoms with Gasteiger partial charge in [0.15, 0.2) is 0 Å². The van der Waals surface area contributed by atoms with Crippen LogP contribution in [-0.2, 0) is 11.3 Å². The summed E-state index contributed by atoms with van der Waals surface area (Å²) in [5.74, 6) is 0.371. The molecule has 1 aromatic heterocycles. The third kappa shape index (κ3) is 3.04. The van der Waals surface area contributed by atoms with Crippen LogP contribution in [0.15, 0.2) is 12.4 Å². The number of rotatable bonds is 4. The molecule has 0 radical (unpaired) electrons. The van der Waals surface area contributed by atoms with E-state index in [0.29, 0.717) is 32.1 Å². The lowest BCUT2D eigenvalue weighted by Crippen LogP contribution is -2.49. The molecule has 2 heterocycles. The fourth-order valence-electron chi connectivity index (χ4n) is 2.04. The number of hydrogen-bond acceptors (Lipinski definition) is 4. The SMILES string of the molecule is CC(N)C1CN(Cc2nccn2C(F)F)CCO1. The van der Waals surface area contributed by atoms with E-state index >= 15 is 0 Å². The Balaban J connectivity index is 1.98. The second-order valence-electron chi connectivity index (χ2n) is 4.53. The number of hydrogen-bond donors (Lipinski definition) is 1. The molecule has 2 atom stereocenters. The molecule has 0 aromatic carbocycles. The van der Waals surface area contributed by atoms with Gasteiger partial charge in [-0.2, -0.15) is 8.78 Å². The Bertz CT molecular complexity index is 383. The fraction of sp³-hybridized carbons (Fsp3) is 0.727. The lowest BCUT2D eigenvalue weighted by Gasteiger charge is -2.34. The van der Waals surface area contributed by atoms with Crippen molar-refractivity contribution >= 4 is 0 Å². The summed E-state index contributed by atoms with van der Waals surface area (Å²) in [7, 11) is 0. The number of aromatic nitrogens is 2. The van der Waals surface area contributed by atoms with E-state index in [1.807, 2.05) is 11.8 Å². The summed E-state index contributed by atoms with van der Waals surface area (Å²) in [6.45, 7) is 1.65. The van der Waals surface area contributed by atoms with Crippen molar-refractivity contribution in [1.82, 2.24) is 14.5 Å². The van der Waals surface area contributed by atoms with Gasteiger partial charge in [-0.05, 0) is 6.92 Å². The number of imidazole rings is 1. The van der Waals surface area contributed by atoms with Crippen LogP contribution in [0.4, 0.5) is 8.78 Å². The average Bonchev–Trinajstić information content (AvgIpc) is 2.77. The highest BCUT2D eigenvalue weighted by atomic mass is 19.3. The monoisotopic (exact) mass is 260 g/mol. The minimum Gasteiger partial charge on any atom is -0.374 e. The van der Waals surface area contributed by atoms with E-state index in [4.69, 9.17) is 10.5 Å². The van der Waals surface area contributed by atoms with Crippen molar-refractivity contribution in [2.45, 2.75) is 32.2 Å². The van der Waals surface area contributed by atoms with Crippen LogP contribution >= 0.6 is 0 Å². The van der Waals surface area contributed by atoms with Gasteiger partial charge in [-0.25, -0.2) is 4.98 Å². The van der Waals surface area contributed by atoms with Crippen molar-refractivity contribution in [3.05, 3.63) is 18.2 Å². The van der Waals surface area contributed by atoms with Crippen molar-refractivity contribution in [3.63, 3.8) is 0 Å². The van der Waals surface area contributed by atoms with Crippen molar-refractivity contribution in [3.8, 4) is 0 Å². The van der Waals surface area contributed by atoms with E-state index < -0.39 is 6.55 Å². The molecule has 1 aliphatic rings. The normalized spacial score (nSPS) is 23.5. The van der Waals surface area contributed by atoms with E-state index in [9.17, 15) is 8.78 Å². The Labute approximate surface area is 105 Å². The molecular weight excluding hydrogens is 242 g/mol. The van der Waals surface area contributed by atoms with Crippen LogP contribution in [-0.4, -0.2) is 46.3 Å². The highest BCUT2D eigenvalue weighted by Crippen LogP contribution is 2.16. The van der Waals surface area contributed by atoms with E-state index in [1.165, 1.54) is 12.4 Å². The minimum absolute atomic E-state index is 0.0475. The number of halogens is 2. The maximum Gasteiger partial charge on any atom is 0.319 e. The second kappa shape index (κ2) is 5.73. The summed E-state index contributed by atoms with van der Waals surface area (Å²) in [5, 5.41) is 0. The molecule has 2 N–H and O–H groups in total. The Morgan fingerprint density at radius 3 is 3.06 bits per heavy atom. The van der Waals surface area contributed by atoms with Crippen LogP contribution in [0.1, 0.15) is 19.3 Å². The average molecular weight is 260 g/mol. The van der Waals surface area contributed by atoms with Gasteiger partial charge in [0.2, 0.25) is 0 Å². The van der Waals surface area contributed by atoms with Crippen molar-refractivity contribution in [1.29, 1.82) is 0 Å². The summed E-state index contributed by atoms with van der Waals surface area (Å²) in [4.78, 5) is 6.01. The van der Waals surface area contributed by atoms with E-state index in [1.54, 1.807) is 0 Å². The van der Waals surface area contributed by atoms with Crippen molar-refractivity contribution < 1.29 is 13.5 Å². The molecule has 0 aliphatic carbocycles. The van der Waals surface area contributed by atoms with E-state index in [-0.39, 0.29) is 12.1 Å². The number of alkyl halides is 2. The highest BCUT2D eigenvalue weighted by Gasteiger charge is 2.24. The van der Waals surface area contributed by atoms with Gasteiger partial charge in [0.25, 0.3) is 0 Å². The van der Waals surface area contributed by atoms with Gasteiger partial charge in [0, 0.05) is 31.5 Å². The molecule has 1 saturated heterocycles. The quantitative estimate of drug-likeness (QED) is 0.871. The molecule has 0 spiro atoms. The summed E-state index contributed by atoms with van der Waals surface area (Å²) in [5.41, 5.74) is 5.79. The van der Waals surface area contributed by atoms with Crippen LogP contribution < -0.4 is 5.73 Å². The maximum absolute atomic E-state index is 12.7. The molecule has 1 aromatic rings. The van der Waals surface area contributed by atoms with Crippen LogP contribution in [0.2, 0.25) is 0 Å². The topological polar surface area (TPSA) is 56.3 Å². The van der Waals surface area contributed by atoms with Gasteiger partial charge < -0.3 is 10.5 Å². The van der Waals surface area contributed by atoms with Gasteiger partial charge in [-0.15, -0.1) is 0 Å². The molecule has 0 bridgehead atoms. The first-order valence-corrected chi connectivity index (χ1v) is 5.97. The predicted octanol–water partition coefficient (Wildman–Crippen LogP) is 0.826. The largest absolute Gasteiger partial charge is 0.374 e. The molecule has 18 heavy (non-hydrogen) atoms. The fourth-order valence-corrected chi connectivity index (χ4v) is 2.04. The van der Waals surface area contributed by atoms with Gasteiger partial charge in [-0.1, -0.05) is 0 Å². The first-order chi connectivity index (χ1) is 8.58. The zero-order valence-electron chi connectivity index (χ0n) is 10.3. The zero-order valence-corrected chi connectivity index (χ0v) is 10.3. The lowest BCUT2D eigenvalue weighted by atomic mass is 10.1. The van der Waals surface area contributed by atoms with Crippen molar-refractivity contribution in [2.75, 3.05) is 19.7 Å². The summed E-state index contributed by atoms with van der Waals surface area (Å²) in [6.07, 6.45) is 2.64. The summed E-state index contributed by atoms with van der Waals surface area (Å²) in [6, 6.07) is -0.0670. The first-order valence-electron chi connectivity index (χ1n) is 5.97. The number of morpholine rings is 1. The molecular formula is C11H18F2N4O. The van der Waals surface area contributed by atoms with E-state index in [0.717, 1.165) is 4.57 Å². The lowest BCUT2D eigenvalue weighted by molar-refractivity contribution is -0.0423. The third-order valence-electron chi connectivity index (χ3n) is 3.09. The molecule has 5 nitrogen and oxygen atoms in total. The number of nitrogens with zero attached hydrogens (tertiary/aromatic N) is 3. The third-order valence-corrected chi connectivity index (χ3v) is 3.09. The van der Waals surface area contributed by atoms with Gasteiger partial charge in [0.05, 0.1) is 19.3 Å². The van der Waals surface area contributed by atoms with Crippen LogP contribution in [0, 0.1) is 0 Å². The highest BCUT2D eigenvalue weighted by molar-refractivity contribution is 4.93. The van der Waals surface area contributed by atoms with Crippen LogP contribution in [0.3, 0.4) is 0 Å². The molecule has 1 aliphatic heterocycles. The Kier molecular flexibility index (Phi) is 4.26. The Morgan fingerprint density at radius 1 is 1.61 bits per heavy atom. The first kappa shape index (κ1) is 13.4. The van der Waals surface area contributed by atoms with Crippen LogP contribution in [0.25, 0.3) is 0 Å².